The van der Waals surface area contributed by atoms with E-state index in [0.29, 0.717) is 12.1 Å². The third kappa shape index (κ3) is 3.02. The van der Waals surface area contributed by atoms with Crippen LogP contribution in [0.15, 0.2) is 18.3 Å². The summed E-state index contributed by atoms with van der Waals surface area (Å²) in [6, 6.07) is 3.63. The summed E-state index contributed by atoms with van der Waals surface area (Å²) in [5.41, 5.74) is 9.34. The van der Waals surface area contributed by atoms with Crippen molar-refractivity contribution in [3.8, 4) is 0 Å². The van der Waals surface area contributed by atoms with Crippen LogP contribution in [0.2, 0.25) is 0 Å². The number of hydrogen-bond donors (Lipinski definition) is 2. The summed E-state index contributed by atoms with van der Waals surface area (Å²) in [7, 11) is 0. The smallest absolute Gasteiger partial charge is 0.335 e. The Morgan fingerprint density at radius 2 is 2.00 bits per heavy atom. The van der Waals surface area contributed by atoms with Crippen molar-refractivity contribution in [2.24, 2.45) is 5.73 Å². The summed E-state index contributed by atoms with van der Waals surface area (Å²) in [5.74, 6) is -0.871. The number of fused-ring (bicyclic) bond motifs is 1. The molecule has 0 spiro atoms. The summed E-state index contributed by atoms with van der Waals surface area (Å²) < 4.78 is 2.24. The van der Waals surface area contributed by atoms with Crippen LogP contribution in [0.5, 0.6) is 0 Å². The van der Waals surface area contributed by atoms with Crippen molar-refractivity contribution in [3.05, 3.63) is 35.0 Å². The Labute approximate surface area is 131 Å². The highest BCUT2D eigenvalue weighted by Gasteiger charge is 2.23. The quantitative estimate of drug-likeness (QED) is 0.887. The lowest BCUT2D eigenvalue weighted by Crippen LogP contribution is -2.15. The van der Waals surface area contributed by atoms with E-state index >= 15 is 0 Å². The lowest BCUT2D eigenvalue weighted by Gasteiger charge is -2.22. The van der Waals surface area contributed by atoms with Crippen LogP contribution in [-0.2, 0) is 18.4 Å². The maximum absolute atomic E-state index is 11.5. The molecule has 0 aliphatic heterocycles. The molecular formula is C18H26N2O2. The minimum Gasteiger partial charge on any atom is -0.478 e. The van der Waals surface area contributed by atoms with Gasteiger partial charge in [-0.05, 0) is 48.1 Å². The molecule has 0 aliphatic carbocycles. The van der Waals surface area contributed by atoms with Gasteiger partial charge >= 0.3 is 5.97 Å². The van der Waals surface area contributed by atoms with Gasteiger partial charge in [-0.1, -0.05) is 27.7 Å². The zero-order chi connectivity index (χ0) is 16.5. The first-order valence-corrected chi connectivity index (χ1v) is 7.89. The predicted molar refractivity (Wildman–Crippen MR) is 90.6 cm³/mol. The first-order chi connectivity index (χ1) is 10.3. The zero-order valence-corrected chi connectivity index (χ0v) is 13.9. The van der Waals surface area contributed by atoms with E-state index in [1.165, 1.54) is 5.56 Å². The third-order valence-electron chi connectivity index (χ3n) is 4.09. The lowest BCUT2D eigenvalue weighted by atomic mass is 9.84. The molecular weight excluding hydrogens is 276 g/mol. The molecule has 0 aliphatic rings. The average Bonchev–Trinajstić information content (AvgIpc) is 2.80. The van der Waals surface area contributed by atoms with Crippen molar-refractivity contribution in [2.45, 2.75) is 52.5 Å². The summed E-state index contributed by atoms with van der Waals surface area (Å²) in [4.78, 5) is 11.5. The van der Waals surface area contributed by atoms with Crippen LogP contribution >= 0.6 is 0 Å². The van der Waals surface area contributed by atoms with Crippen LogP contribution in [0.1, 0.15) is 55.6 Å². The molecule has 1 heterocycles. The number of nitrogens with two attached hydrogens (primary N) is 1. The summed E-state index contributed by atoms with van der Waals surface area (Å²) in [6.07, 6.45) is 3.96. The second kappa shape index (κ2) is 6.13. The Morgan fingerprint density at radius 1 is 1.32 bits per heavy atom. The maximum Gasteiger partial charge on any atom is 0.335 e. The first kappa shape index (κ1) is 16.6. The van der Waals surface area contributed by atoms with Crippen LogP contribution in [-0.4, -0.2) is 22.2 Å². The van der Waals surface area contributed by atoms with Crippen LogP contribution < -0.4 is 5.73 Å². The van der Waals surface area contributed by atoms with E-state index < -0.39 is 5.97 Å². The van der Waals surface area contributed by atoms with Gasteiger partial charge in [-0.25, -0.2) is 4.79 Å². The highest BCUT2D eigenvalue weighted by atomic mass is 16.4. The lowest BCUT2D eigenvalue weighted by molar-refractivity contribution is 0.0697. The molecule has 120 valence electrons. The standard InChI is InChI=1S/C18H26N2O2/c1-5-12-11-20(8-6-7-19)16-14(12)9-13(17(21)22)10-15(16)18(2,3)4/h9-11H,5-8,19H2,1-4H3,(H,21,22). The minimum absolute atomic E-state index is 0.118. The molecule has 0 unspecified atom stereocenters. The normalized spacial score (nSPS) is 12.0. The van der Waals surface area contributed by atoms with E-state index in [1.54, 1.807) is 0 Å². The van der Waals surface area contributed by atoms with E-state index in [0.717, 1.165) is 35.9 Å². The third-order valence-corrected chi connectivity index (χ3v) is 4.09. The fourth-order valence-electron chi connectivity index (χ4n) is 2.93. The number of benzene rings is 1. The fraction of sp³-hybridized carbons (Fsp3) is 0.500. The Kier molecular flexibility index (Phi) is 4.61. The molecule has 4 heteroatoms. The average molecular weight is 302 g/mol. The van der Waals surface area contributed by atoms with Crippen molar-refractivity contribution in [1.82, 2.24) is 4.57 Å². The van der Waals surface area contributed by atoms with Crippen molar-refractivity contribution in [2.75, 3.05) is 6.54 Å². The largest absolute Gasteiger partial charge is 0.478 e. The molecule has 22 heavy (non-hydrogen) atoms. The zero-order valence-electron chi connectivity index (χ0n) is 13.9. The Balaban J connectivity index is 2.81. The van der Waals surface area contributed by atoms with Crippen molar-refractivity contribution < 1.29 is 9.90 Å². The minimum atomic E-state index is -0.871. The number of aromatic nitrogens is 1. The van der Waals surface area contributed by atoms with E-state index in [-0.39, 0.29) is 5.41 Å². The molecule has 4 nitrogen and oxygen atoms in total. The second-order valence-corrected chi connectivity index (χ2v) is 6.82. The molecule has 0 saturated carbocycles. The number of rotatable bonds is 5. The number of nitrogens with zero attached hydrogens (tertiary/aromatic N) is 1. The molecule has 0 atom stereocenters. The number of aromatic carboxylic acids is 1. The molecule has 2 aromatic rings. The maximum atomic E-state index is 11.5. The number of carbonyl (C=O) groups is 1. The molecule has 2 rings (SSSR count). The van der Waals surface area contributed by atoms with E-state index in [9.17, 15) is 9.90 Å². The van der Waals surface area contributed by atoms with Crippen molar-refractivity contribution >= 4 is 16.9 Å². The summed E-state index contributed by atoms with van der Waals surface area (Å²) in [5, 5.41) is 10.5. The van der Waals surface area contributed by atoms with Gasteiger partial charge in [0.1, 0.15) is 0 Å². The Hall–Kier alpha value is -1.81. The molecule has 0 amide bonds. The van der Waals surface area contributed by atoms with Crippen LogP contribution in [0.4, 0.5) is 0 Å². The highest BCUT2D eigenvalue weighted by molar-refractivity contribution is 5.97. The van der Waals surface area contributed by atoms with Gasteiger partial charge in [-0.3, -0.25) is 0 Å². The van der Waals surface area contributed by atoms with Gasteiger partial charge in [0.05, 0.1) is 11.1 Å². The summed E-state index contributed by atoms with van der Waals surface area (Å²) in [6.45, 7) is 9.99. The molecule has 0 fully saturated rings. The fourth-order valence-corrected chi connectivity index (χ4v) is 2.93. The number of hydrogen-bond acceptors (Lipinski definition) is 2. The van der Waals surface area contributed by atoms with Crippen molar-refractivity contribution in [1.29, 1.82) is 0 Å². The van der Waals surface area contributed by atoms with Gasteiger partial charge in [0, 0.05) is 18.1 Å². The van der Waals surface area contributed by atoms with E-state index in [1.807, 2.05) is 12.1 Å². The van der Waals surface area contributed by atoms with Crippen molar-refractivity contribution in [3.63, 3.8) is 0 Å². The monoisotopic (exact) mass is 302 g/mol. The molecule has 0 radical (unpaired) electrons. The van der Waals surface area contributed by atoms with Crippen LogP contribution in [0.3, 0.4) is 0 Å². The van der Waals surface area contributed by atoms with Crippen LogP contribution in [0.25, 0.3) is 10.9 Å². The second-order valence-electron chi connectivity index (χ2n) is 6.82. The molecule has 0 bridgehead atoms. The molecule has 0 saturated heterocycles. The highest BCUT2D eigenvalue weighted by Crippen LogP contribution is 2.34. The Bertz CT molecular complexity index is 693. The molecule has 3 N–H and O–H groups in total. The van der Waals surface area contributed by atoms with E-state index in [4.69, 9.17) is 5.73 Å². The van der Waals surface area contributed by atoms with Gasteiger partial charge in [0.2, 0.25) is 0 Å². The first-order valence-electron chi connectivity index (χ1n) is 7.89. The van der Waals surface area contributed by atoms with Gasteiger partial charge in [0.15, 0.2) is 0 Å². The SMILES string of the molecule is CCc1cn(CCCN)c2c(C(C)(C)C)cc(C(=O)O)cc12. The number of aryl methyl sites for hydroxylation is 2. The van der Waals surface area contributed by atoms with Gasteiger partial charge in [-0.15, -0.1) is 0 Å². The summed E-state index contributed by atoms with van der Waals surface area (Å²) >= 11 is 0. The molecule has 1 aromatic carbocycles. The molecule has 1 aromatic heterocycles. The topological polar surface area (TPSA) is 68.2 Å². The van der Waals surface area contributed by atoms with Gasteiger partial charge in [-0.2, -0.15) is 0 Å². The van der Waals surface area contributed by atoms with Crippen LogP contribution in [0, 0.1) is 0 Å². The predicted octanol–water partition coefficient (Wildman–Crippen LogP) is 3.55. The Morgan fingerprint density at radius 3 is 2.50 bits per heavy atom. The number of carboxylic acid groups (broad SMARTS) is 1. The number of carboxylic acids is 1. The van der Waals surface area contributed by atoms with Gasteiger partial charge < -0.3 is 15.4 Å². The van der Waals surface area contributed by atoms with Gasteiger partial charge in [0.25, 0.3) is 0 Å². The van der Waals surface area contributed by atoms with E-state index in [2.05, 4.69) is 38.5 Å².